The second-order valence-corrected chi connectivity index (χ2v) is 16.9. The van der Waals surface area contributed by atoms with E-state index in [1.807, 2.05) is 17.4 Å². The molecule has 3 heteroatoms. The van der Waals surface area contributed by atoms with Crippen LogP contribution in [0.15, 0.2) is 194 Å². The van der Waals surface area contributed by atoms with Gasteiger partial charge in [0.05, 0.1) is 11.4 Å². The molecule has 10 aromatic rings. The highest BCUT2D eigenvalue weighted by atomic mass is 32.1. The molecule has 2 aromatic heterocycles. The number of aromatic nitrogens is 2. The maximum absolute atomic E-state index is 5.33. The zero-order chi connectivity index (χ0) is 38.8. The third-order valence-corrected chi connectivity index (χ3v) is 13.1. The summed E-state index contributed by atoms with van der Waals surface area (Å²) in [5.41, 5.74) is 17.1. The highest BCUT2D eigenvalue weighted by Crippen LogP contribution is 2.50. The van der Waals surface area contributed by atoms with Crippen molar-refractivity contribution >= 4 is 31.5 Å². The molecule has 0 N–H and O–H groups in total. The Hall–Kier alpha value is -6.94. The standard InChI is InChI=1S/C55H38N2S/c1-55(2)48-23-13-11-20-43(48)46-33-38(25-27-49(46)55)42-19-9-10-21-44(42)51-34-50(56-54(57-51)36-17-7-4-8-18-36)41-30-39(35-15-5-3-6-16-35)29-40(31-41)37-26-28-53-47(32-37)45-22-12-14-24-52(45)58-53/h3-34H,1-2H3. The molecule has 2 nitrogen and oxygen atoms in total. The van der Waals surface area contributed by atoms with E-state index < -0.39 is 0 Å². The molecule has 0 bridgehead atoms. The van der Waals surface area contributed by atoms with Gasteiger partial charge in [0.15, 0.2) is 5.82 Å². The summed E-state index contributed by atoms with van der Waals surface area (Å²) in [4.78, 5) is 10.7. The second kappa shape index (κ2) is 13.6. The summed E-state index contributed by atoms with van der Waals surface area (Å²) in [5, 5.41) is 2.59. The molecule has 0 atom stereocenters. The van der Waals surface area contributed by atoms with Gasteiger partial charge in [-0.15, -0.1) is 11.3 Å². The van der Waals surface area contributed by atoms with Crippen LogP contribution in [0.4, 0.5) is 0 Å². The Morgan fingerprint density at radius 3 is 1.74 bits per heavy atom. The molecule has 0 saturated carbocycles. The van der Waals surface area contributed by atoms with E-state index in [1.165, 1.54) is 53.6 Å². The summed E-state index contributed by atoms with van der Waals surface area (Å²) in [5.74, 6) is 0.699. The van der Waals surface area contributed by atoms with Gasteiger partial charge in [-0.05, 0) is 104 Å². The number of benzene rings is 8. The first-order valence-electron chi connectivity index (χ1n) is 19.9. The van der Waals surface area contributed by atoms with Crippen LogP contribution in [0.1, 0.15) is 25.0 Å². The minimum Gasteiger partial charge on any atom is -0.228 e. The first kappa shape index (κ1) is 34.3. The lowest BCUT2D eigenvalue weighted by atomic mass is 9.82. The Bertz CT molecular complexity index is 3190. The van der Waals surface area contributed by atoms with Crippen molar-refractivity contribution in [2.24, 2.45) is 0 Å². The zero-order valence-electron chi connectivity index (χ0n) is 32.3. The number of hydrogen-bond donors (Lipinski definition) is 0. The lowest BCUT2D eigenvalue weighted by Crippen LogP contribution is -2.14. The molecule has 2 heterocycles. The Labute approximate surface area is 342 Å². The maximum Gasteiger partial charge on any atom is 0.160 e. The highest BCUT2D eigenvalue weighted by Gasteiger charge is 2.35. The van der Waals surface area contributed by atoms with Gasteiger partial charge in [0.25, 0.3) is 0 Å². The molecule has 0 radical (unpaired) electrons. The summed E-state index contributed by atoms with van der Waals surface area (Å²) in [6.45, 7) is 4.67. The zero-order valence-corrected chi connectivity index (χ0v) is 33.1. The fourth-order valence-corrected chi connectivity index (χ4v) is 10.0. The van der Waals surface area contributed by atoms with Crippen LogP contribution in [0.25, 0.3) is 98.6 Å². The Morgan fingerprint density at radius 1 is 0.345 bits per heavy atom. The molecule has 8 aromatic carbocycles. The van der Waals surface area contributed by atoms with Gasteiger partial charge >= 0.3 is 0 Å². The number of nitrogens with zero attached hydrogens (tertiary/aromatic N) is 2. The molecule has 11 rings (SSSR count). The van der Waals surface area contributed by atoms with E-state index in [1.54, 1.807) is 0 Å². The number of fused-ring (bicyclic) bond motifs is 6. The quantitative estimate of drug-likeness (QED) is 0.169. The van der Waals surface area contributed by atoms with Crippen molar-refractivity contribution in [3.8, 4) is 78.4 Å². The fraction of sp³-hybridized carbons (Fsp3) is 0.0545. The summed E-state index contributed by atoms with van der Waals surface area (Å²) in [6, 6.07) is 70.2. The average Bonchev–Trinajstić information content (AvgIpc) is 3.77. The summed E-state index contributed by atoms with van der Waals surface area (Å²) >= 11 is 1.85. The van der Waals surface area contributed by atoms with Crippen LogP contribution in [-0.4, -0.2) is 9.97 Å². The molecule has 0 fully saturated rings. The van der Waals surface area contributed by atoms with Crippen molar-refractivity contribution in [2.45, 2.75) is 19.3 Å². The first-order chi connectivity index (χ1) is 28.5. The topological polar surface area (TPSA) is 25.8 Å². The summed E-state index contributed by atoms with van der Waals surface area (Å²) < 4.78 is 2.61. The van der Waals surface area contributed by atoms with E-state index in [4.69, 9.17) is 9.97 Å². The molecule has 0 saturated heterocycles. The third-order valence-electron chi connectivity index (χ3n) is 11.9. The SMILES string of the molecule is CC1(C)c2ccccc2-c2cc(-c3ccccc3-c3cc(-c4cc(-c5ccccc5)cc(-c5ccc6sc7ccccc7c6c5)c4)nc(-c4ccccc4)n3)ccc21. The van der Waals surface area contributed by atoms with E-state index >= 15 is 0 Å². The summed E-state index contributed by atoms with van der Waals surface area (Å²) in [7, 11) is 0. The van der Waals surface area contributed by atoms with Gasteiger partial charge in [0.2, 0.25) is 0 Å². The molecule has 0 amide bonds. The largest absolute Gasteiger partial charge is 0.228 e. The van der Waals surface area contributed by atoms with E-state index in [9.17, 15) is 0 Å². The average molecular weight is 759 g/mol. The van der Waals surface area contributed by atoms with Crippen LogP contribution < -0.4 is 0 Å². The highest BCUT2D eigenvalue weighted by molar-refractivity contribution is 7.25. The lowest BCUT2D eigenvalue weighted by molar-refractivity contribution is 0.660. The van der Waals surface area contributed by atoms with Gasteiger partial charge in [0, 0.05) is 42.3 Å². The lowest BCUT2D eigenvalue weighted by Gasteiger charge is -2.21. The smallest absolute Gasteiger partial charge is 0.160 e. The molecule has 1 aliphatic rings. The minimum absolute atomic E-state index is 0.0491. The van der Waals surface area contributed by atoms with Crippen LogP contribution in [0.5, 0.6) is 0 Å². The van der Waals surface area contributed by atoms with Gasteiger partial charge in [-0.25, -0.2) is 9.97 Å². The molecular formula is C55H38N2S. The summed E-state index contributed by atoms with van der Waals surface area (Å²) in [6.07, 6.45) is 0. The molecule has 0 aliphatic heterocycles. The Kier molecular flexibility index (Phi) is 8.06. The van der Waals surface area contributed by atoms with Gasteiger partial charge < -0.3 is 0 Å². The van der Waals surface area contributed by atoms with Crippen LogP contribution in [0.2, 0.25) is 0 Å². The Balaban J connectivity index is 1.10. The monoisotopic (exact) mass is 758 g/mol. The number of rotatable bonds is 6. The second-order valence-electron chi connectivity index (χ2n) is 15.8. The maximum atomic E-state index is 5.33. The molecule has 58 heavy (non-hydrogen) atoms. The predicted molar refractivity (Wildman–Crippen MR) is 245 cm³/mol. The van der Waals surface area contributed by atoms with Crippen molar-refractivity contribution < 1.29 is 0 Å². The molecule has 0 unspecified atom stereocenters. The molecule has 274 valence electrons. The van der Waals surface area contributed by atoms with Crippen molar-refractivity contribution in [3.63, 3.8) is 0 Å². The first-order valence-corrected chi connectivity index (χ1v) is 20.7. The Morgan fingerprint density at radius 2 is 0.931 bits per heavy atom. The molecular weight excluding hydrogens is 721 g/mol. The van der Waals surface area contributed by atoms with Gasteiger partial charge in [-0.1, -0.05) is 159 Å². The number of hydrogen-bond acceptors (Lipinski definition) is 3. The van der Waals surface area contributed by atoms with E-state index in [-0.39, 0.29) is 5.41 Å². The van der Waals surface area contributed by atoms with Gasteiger partial charge in [-0.2, -0.15) is 0 Å². The van der Waals surface area contributed by atoms with E-state index in [0.717, 1.165) is 50.3 Å². The molecule has 0 spiro atoms. The van der Waals surface area contributed by atoms with Crippen molar-refractivity contribution in [2.75, 3.05) is 0 Å². The van der Waals surface area contributed by atoms with E-state index in [0.29, 0.717) is 5.82 Å². The number of thiophene rings is 1. The fourth-order valence-electron chi connectivity index (χ4n) is 8.94. The minimum atomic E-state index is -0.0491. The van der Waals surface area contributed by atoms with Gasteiger partial charge in [0.1, 0.15) is 0 Å². The van der Waals surface area contributed by atoms with Gasteiger partial charge in [-0.3, -0.25) is 0 Å². The van der Waals surface area contributed by atoms with Crippen LogP contribution in [-0.2, 0) is 5.41 Å². The van der Waals surface area contributed by atoms with Crippen LogP contribution >= 0.6 is 11.3 Å². The van der Waals surface area contributed by atoms with Crippen molar-refractivity contribution in [3.05, 3.63) is 205 Å². The van der Waals surface area contributed by atoms with Crippen LogP contribution in [0, 0.1) is 0 Å². The predicted octanol–water partition coefficient (Wildman–Crippen LogP) is 15.2. The van der Waals surface area contributed by atoms with Crippen molar-refractivity contribution in [1.29, 1.82) is 0 Å². The van der Waals surface area contributed by atoms with Crippen molar-refractivity contribution in [1.82, 2.24) is 9.97 Å². The van der Waals surface area contributed by atoms with Crippen LogP contribution in [0.3, 0.4) is 0 Å². The third kappa shape index (κ3) is 5.78. The van der Waals surface area contributed by atoms with E-state index in [2.05, 4.69) is 202 Å². The normalized spacial score (nSPS) is 12.8. The molecule has 1 aliphatic carbocycles.